The summed E-state index contributed by atoms with van der Waals surface area (Å²) in [6, 6.07) is 0. The smallest absolute Gasteiger partial charge is 0.335 e. The van der Waals surface area contributed by atoms with Crippen LogP contribution in [-0.2, 0) is 19.0 Å². The second-order valence-corrected chi connectivity index (χ2v) is 2.51. The van der Waals surface area contributed by atoms with Crippen molar-refractivity contribution in [3.8, 4) is 0 Å². The van der Waals surface area contributed by atoms with E-state index < -0.39 is 6.10 Å². The summed E-state index contributed by atoms with van der Waals surface area (Å²) in [5, 5.41) is 0. The van der Waals surface area contributed by atoms with E-state index in [1.165, 1.54) is 0 Å². The molecule has 0 aromatic carbocycles. The largest absolute Gasteiger partial charge is 0.464 e. The normalized spacial score (nSPS) is 12.5. The molecule has 0 fully saturated rings. The molecular weight excluding hydrogens is 172 g/mol. The predicted molar refractivity (Wildman–Crippen MR) is 48.5 cm³/mol. The number of hydrogen-bond donors (Lipinski definition) is 0. The third-order valence-corrected chi connectivity index (χ3v) is 1.53. The van der Waals surface area contributed by atoms with E-state index in [4.69, 9.17) is 14.2 Å². The van der Waals surface area contributed by atoms with Crippen molar-refractivity contribution >= 4 is 5.97 Å². The van der Waals surface area contributed by atoms with Crippen LogP contribution in [0, 0.1) is 0 Å². The number of ether oxygens (including phenoxy) is 3. The SMILES string of the molecule is CCOC(=O)C(CC)OCCOC. The second-order valence-electron chi connectivity index (χ2n) is 2.51. The zero-order chi connectivity index (χ0) is 10.1. The van der Waals surface area contributed by atoms with E-state index in [9.17, 15) is 4.79 Å². The summed E-state index contributed by atoms with van der Waals surface area (Å²) in [7, 11) is 1.59. The highest BCUT2D eigenvalue weighted by molar-refractivity contribution is 5.74. The van der Waals surface area contributed by atoms with Gasteiger partial charge in [-0.25, -0.2) is 4.79 Å². The van der Waals surface area contributed by atoms with E-state index in [0.717, 1.165) is 0 Å². The van der Waals surface area contributed by atoms with Gasteiger partial charge in [0.2, 0.25) is 0 Å². The molecule has 78 valence electrons. The standard InChI is InChI=1S/C9H18O4/c1-4-8(9(10)12-5-2)13-7-6-11-3/h8H,4-7H2,1-3H3. The van der Waals surface area contributed by atoms with Crippen molar-refractivity contribution in [2.75, 3.05) is 26.9 Å². The summed E-state index contributed by atoms with van der Waals surface area (Å²) >= 11 is 0. The van der Waals surface area contributed by atoms with Crippen molar-refractivity contribution in [1.82, 2.24) is 0 Å². The van der Waals surface area contributed by atoms with Crippen LogP contribution in [0.5, 0.6) is 0 Å². The Morgan fingerprint density at radius 3 is 2.46 bits per heavy atom. The van der Waals surface area contributed by atoms with Crippen LogP contribution >= 0.6 is 0 Å². The maximum Gasteiger partial charge on any atom is 0.335 e. The van der Waals surface area contributed by atoms with E-state index >= 15 is 0 Å². The molecule has 0 aromatic heterocycles. The molecule has 0 aliphatic rings. The molecule has 0 saturated carbocycles. The van der Waals surface area contributed by atoms with Gasteiger partial charge in [-0.1, -0.05) is 6.92 Å². The first-order valence-electron chi connectivity index (χ1n) is 4.53. The van der Waals surface area contributed by atoms with Crippen LogP contribution in [0.25, 0.3) is 0 Å². The molecule has 0 radical (unpaired) electrons. The Morgan fingerprint density at radius 2 is 2.00 bits per heavy atom. The fraction of sp³-hybridized carbons (Fsp3) is 0.889. The fourth-order valence-corrected chi connectivity index (χ4v) is 0.861. The molecule has 1 atom stereocenters. The molecule has 0 bridgehead atoms. The van der Waals surface area contributed by atoms with Gasteiger partial charge in [0.25, 0.3) is 0 Å². The molecule has 0 amide bonds. The first-order chi connectivity index (χ1) is 6.26. The number of rotatable bonds is 7. The topological polar surface area (TPSA) is 44.8 Å². The van der Waals surface area contributed by atoms with Crippen LogP contribution < -0.4 is 0 Å². The van der Waals surface area contributed by atoms with E-state index in [1.54, 1.807) is 14.0 Å². The highest BCUT2D eigenvalue weighted by Crippen LogP contribution is 2.00. The van der Waals surface area contributed by atoms with E-state index in [0.29, 0.717) is 26.2 Å². The summed E-state index contributed by atoms with van der Waals surface area (Å²) in [5.74, 6) is -0.291. The van der Waals surface area contributed by atoms with Crippen LogP contribution in [0.2, 0.25) is 0 Å². The van der Waals surface area contributed by atoms with Gasteiger partial charge in [0, 0.05) is 7.11 Å². The van der Waals surface area contributed by atoms with Crippen molar-refractivity contribution in [1.29, 1.82) is 0 Å². The summed E-state index contributed by atoms with van der Waals surface area (Å²) in [6.07, 6.45) is 0.179. The molecule has 4 heteroatoms. The molecule has 13 heavy (non-hydrogen) atoms. The summed E-state index contributed by atoms with van der Waals surface area (Å²) in [4.78, 5) is 11.2. The lowest BCUT2D eigenvalue weighted by Crippen LogP contribution is -2.27. The van der Waals surface area contributed by atoms with Gasteiger partial charge in [0.1, 0.15) is 0 Å². The maximum absolute atomic E-state index is 11.2. The van der Waals surface area contributed by atoms with Crippen molar-refractivity contribution in [2.24, 2.45) is 0 Å². The van der Waals surface area contributed by atoms with Crippen LogP contribution in [0.3, 0.4) is 0 Å². The number of hydrogen-bond acceptors (Lipinski definition) is 4. The van der Waals surface area contributed by atoms with Crippen molar-refractivity contribution in [3.63, 3.8) is 0 Å². The lowest BCUT2D eigenvalue weighted by atomic mass is 10.3. The van der Waals surface area contributed by atoms with Crippen LogP contribution in [0.4, 0.5) is 0 Å². The Labute approximate surface area is 79.2 Å². The Balaban J connectivity index is 3.67. The number of carbonyl (C=O) groups is 1. The number of esters is 1. The van der Waals surface area contributed by atoms with Crippen molar-refractivity contribution in [3.05, 3.63) is 0 Å². The van der Waals surface area contributed by atoms with Gasteiger partial charge >= 0.3 is 5.97 Å². The highest BCUT2D eigenvalue weighted by atomic mass is 16.6. The third-order valence-electron chi connectivity index (χ3n) is 1.53. The van der Waals surface area contributed by atoms with Gasteiger partial charge in [-0.3, -0.25) is 0 Å². The fourth-order valence-electron chi connectivity index (χ4n) is 0.861. The minimum absolute atomic E-state index is 0.291. The van der Waals surface area contributed by atoms with Crippen molar-refractivity contribution < 1.29 is 19.0 Å². The lowest BCUT2D eigenvalue weighted by molar-refractivity contribution is -0.157. The molecule has 0 heterocycles. The molecule has 4 nitrogen and oxygen atoms in total. The Morgan fingerprint density at radius 1 is 1.31 bits per heavy atom. The van der Waals surface area contributed by atoms with E-state index in [-0.39, 0.29) is 5.97 Å². The second kappa shape index (κ2) is 8.01. The number of methoxy groups -OCH3 is 1. The average molecular weight is 190 g/mol. The molecule has 0 saturated heterocycles. The van der Waals surface area contributed by atoms with E-state index in [1.807, 2.05) is 6.92 Å². The minimum Gasteiger partial charge on any atom is -0.464 e. The Hall–Kier alpha value is -0.610. The van der Waals surface area contributed by atoms with Crippen LogP contribution in [-0.4, -0.2) is 39.0 Å². The molecule has 0 spiro atoms. The molecular formula is C9H18O4. The summed E-state index contributed by atoms with van der Waals surface area (Å²) in [6.45, 7) is 4.97. The van der Waals surface area contributed by atoms with Gasteiger partial charge in [0.05, 0.1) is 19.8 Å². The van der Waals surface area contributed by atoms with Crippen LogP contribution in [0.1, 0.15) is 20.3 Å². The first kappa shape index (κ1) is 12.4. The molecule has 0 rings (SSSR count). The monoisotopic (exact) mass is 190 g/mol. The molecule has 0 aromatic rings. The first-order valence-corrected chi connectivity index (χ1v) is 4.53. The van der Waals surface area contributed by atoms with Crippen molar-refractivity contribution in [2.45, 2.75) is 26.4 Å². The maximum atomic E-state index is 11.2. The Bertz CT molecular complexity index is 136. The van der Waals surface area contributed by atoms with Gasteiger partial charge in [-0.2, -0.15) is 0 Å². The predicted octanol–water partition coefficient (Wildman–Crippen LogP) is 0.991. The van der Waals surface area contributed by atoms with Gasteiger partial charge in [-0.15, -0.1) is 0 Å². The lowest BCUT2D eigenvalue weighted by Gasteiger charge is -2.13. The Kier molecular flexibility index (Phi) is 7.63. The number of carbonyl (C=O) groups excluding carboxylic acids is 1. The molecule has 1 unspecified atom stereocenters. The highest BCUT2D eigenvalue weighted by Gasteiger charge is 2.17. The van der Waals surface area contributed by atoms with Crippen LogP contribution in [0.15, 0.2) is 0 Å². The summed E-state index contributed by atoms with van der Waals surface area (Å²) in [5.41, 5.74) is 0. The summed E-state index contributed by atoms with van der Waals surface area (Å²) < 4.78 is 14.9. The molecule has 0 aliphatic heterocycles. The van der Waals surface area contributed by atoms with Gasteiger partial charge in [0.15, 0.2) is 6.10 Å². The molecule has 0 N–H and O–H groups in total. The van der Waals surface area contributed by atoms with E-state index in [2.05, 4.69) is 0 Å². The van der Waals surface area contributed by atoms with Gasteiger partial charge < -0.3 is 14.2 Å². The quantitative estimate of drug-likeness (QED) is 0.443. The zero-order valence-electron chi connectivity index (χ0n) is 8.54. The average Bonchev–Trinajstić information content (AvgIpc) is 2.13. The zero-order valence-corrected chi connectivity index (χ0v) is 8.54. The third kappa shape index (κ3) is 5.60. The minimum atomic E-state index is -0.449. The molecule has 0 aliphatic carbocycles. The van der Waals surface area contributed by atoms with Gasteiger partial charge in [-0.05, 0) is 13.3 Å².